The minimum Gasteiger partial charge on any atom is -0.493 e. The van der Waals surface area contributed by atoms with E-state index in [1.807, 2.05) is 0 Å². The zero-order valence-corrected chi connectivity index (χ0v) is 20.2. The van der Waals surface area contributed by atoms with Crippen LogP contribution in [0.1, 0.15) is 22.6 Å². The number of alkyl halides is 2. The summed E-state index contributed by atoms with van der Waals surface area (Å²) in [6.45, 7) is 1.62. The van der Waals surface area contributed by atoms with E-state index in [4.69, 9.17) is 9.47 Å². The molecular formula is C24H23F3N6O4. The second-order valence-electron chi connectivity index (χ2n) is 8.73. The predicted molar refractivity (Wildman–Crippen MR) is 126 cm³/mol. The van der Waals surface area contributed by atoms with Crippen molar-refractivity contribution in [3.63, 3.8) is 0 Å². The molecule has 0 bridgehead atoms. The van der Waals surface area contributed by atoms with Gasteiger partial charge in [0, 0.05) is 18.5 Å². The van der Waals surface area contributed by atoms with Crippen molar-refractivity contribution in [1.82, 2.24) is 20.2 Å². The first-order valence-electron chi connectivity index (χ1n) is 11.4. The topological polar surface area (TPSA) is 112 Å². The number of carbonyl (C=O) groups is 1. The van der Waals surface area contributed by atoms with Crippen LogP contribution in [0.2, 0.25) is 0 Å². The van der Waals surface area contributed by atoms with Crippen molar-refractivity contribution in [2.75, 3.05) is 37.5 Å². The van der Waals surface area contributed by atoms with E-state index >= 15 is 0 Å². The molecule has 2 aromatic heterocycles. The smallest absolute Gasteiger partial charge is 0.358 e. The lowest BCUT2D eigenvalue weighted by molar-refractivity contribution is 0.0526. The fraction of sp³-hybridized carbons (Fsp3) is 0.375. The summed E-state index contributed by atoms with van der Waals surface area (Å²) in [7, 11) is 2.57. The van der Waals surface area contributed by atoms with Crippen LogP contribution in [0.5, 0.6) is 11.6 Å². The molecule has 194 valence electrons. The molecule has 3 aromatic rings. The third-order valence-corrected chi connectivity index (χ3v) is 6.56. The number of para-hydroxylation sites is 1. The van der Waals surface area contributed by atoms with Gasteiger partial charge in [-0.2, -0.15) is 0 Å². The van der Waals surface area contributed by atoms with Crippen molar-refractivity contribution in [2.24, 2.45) is 0 Å². The third-order valence-electron chi connectivity index (χ3n) is 6.56. The van der Waals surface area contributed by atoms with E-state index in [9.17, 15) is 18.0 Å². The number of aromatic nitrogens is 4. The number of esters is 1. The molecule has 2 atom stereocenters. The molecule has 1 aromatic carbocycles. The zero-order valence-electron chi connectivity index (χ0n) is 20.2. The van der Waals surface area contributed by atoms with Gasteiger partial charge in [0.2, 0.25) is 5.88 Å². The summed E-state index contributed by atoms with van der Waals surface area (Å²) < 4.78 is 59.3. The number of fused-ring (bicyclic) bond motifs is 3. The number of nitrogens with zero attached hydrogens (tertiary/aromatic N) is 5. The number of nitrogens with one attached hydrogen (secondary N) is 1. The van der Waals surface area contributed by atoms with Crippen molar-refractivity contribution in [1.29, 1.82) is 0 Å². The summed E-state index contributed by atoms with van der Waals surface area (Å²) in [6.07, 6.45) is -2.20. The van der Waals surface area contributed by atoms with Gasteiger partial charge in [-0.1, -0.05) is 6.07 Å². The van der Waals surface area contributed by atoms with Gasteiger partial charge in [0.1, 0.15) is 17.3 Å². The molecule has 13 heteroatoms. The number of aryl methyl sites for hydroxylation is 1. The maximum absolute atomic E-state index is 14.6. The van der Waals surface area contributed by atoms with E-state index in [1.165, 1.54) is 32.5 Å². The van der Waals surface area contributed by atoms with Crippen molar-refractivity contribution < 1.29 is 32.2 Å². The van der Waals surface area contributed by atoms with Gasteiger partial charge in [0.05, 0.1) is 38.3 Å². The molecule has 0 radical (unpaired) electrons. The number of halogens is 3. The second-order valence-corrected chi connectivity index (χ2v) is 8.73. The van der Waals surface area contributed by atoms with Crippen molar-refractivity contribution in [3.8, 4) is 22.9 Å². The van der Waals surface area contributed by atoms with Crippen LogP contribution in [0.3, 0.4) is 0 Å². The van der Waals surface area contributed by atoms with Crippen LogP contribution < -0.4 is 19.7 Å². The molecule has 0 aliphatic carbocycles. The fourth-order valence-electron chi connectivity index (χ4n) is 4.77. The first-order chi connectivity index (χ1) is 17.8. The summed E-state index contributed by atoms with van der Waals surface area (Å²) >= 11 is 0. The Morgan fingerprint density at radius 1 is 1.27 bits per heavy atom. The Bertz CT molecular complexity index is 1360. The number of ether oxygens (including phenoxy) is 3. The standard InChI is InChI=1S/C24H23F3N6O4/c1-12-21(28-9-17(30-12)22(34)36-3)37-13-8-24(23(26)27)11-29-20-18(33(24)10-13)7-16(31-32-20)14-5-4-6-15(25)19(14)35-2/h4-7,9,13,23H,8,10-11H2,1-3H3,(H,29,32)/t13-,24+/m1/s1. The quantitative estimate of drug-likeness (QED) is 0.490. The minimum absolute atomic E-state index is 0.0113. The van der Waals surface area contributed by atoms with Crippen LogP contribution in [0.25, 0.3) is 11.3 Å². The lowest BCUT2D eigenvalue weighted by Gasteiger charge is -2.43. The van der Waals surface area contributed by atoms with Crippen molar-refractivity contribution >= 4 is 17.5 Å². The summed E-state index contributed by atoms with van der Waals surface area (Å²) in [5.41, 5.74) is -0.253. The molecule has 5 rings (SSSR count). The molecule has 2 aliphatic heterocycles. The number of hydrogen-bond donors (Lipinski definition) is 1. The maximum atomic E-state index is 14.6. The molecule has 0 saturated carbocycles. The molecule has 1 N–H and O–H groups in total. The normalized spacial score (nSPS) is 20.2. The van der Waals surface area contributed by atoms with Crippen LogP contribution in [-0.2, 0) is 4.74 Å². The van der Waals surface area contributed by atoms with Crippen LogP contribution in [0.15, 0.2) is 30.5 Å². The van der Waals surface area contributed by atoms with Gasteiger partial charge >= 0.3 is 5.97 Å². The SMILES string of the molecule is COC(=O)c1cnc(O[C@H]2CN3c4cc(-c5cccc(F)c5OC)nnc4NC[C@]3(C(F)F)C2)c(C)n1. The number of carbonyl (C=O) groups excluding carboxylic acids is 1. The van der Waals surface area contributed by atoms with Gasteiger partial charge in [-0.05, 0) is 25.1 Å². The monoisotopic (exact) mass is 516 g/mol. The van der Waals surface area contributed by atoms with Crippen LogP contribution in [0, 0.1) is 12.7 Å². The van der Waals surface area contributed by atoms with Crippen LogP contribution >= 0.6 is 0 Å². The highest BCUT2D eigenvalue weighted by atomic mass is 19.3. The van der Waals surface area contributed by atoms with E-state index in [2.05, 4.69) is 30.2 Å². The average Bonchev–Trinajstić information content (AvgIpc) is 3.29. The molecule has 0 unspecified atom stereocenters. The van der Waals surface area contributed by atoms with Gasteiger partial charge in [-0.3, -0.25) is 0 Å². The number of hydrogen-bond acceptors (Lipinski definition) is 10. The lowest BCUT2D eigenvalue weighted by Crippen LogP contribution is -2.57. The van der Waals surface area contributed by atoms with E-state index in [-0.39, 0.29) is 42.5 Å². The van der Waals surface area contributed by atoms with E-state index < -0.39 is 29.9 Å². The molecule has 2 aliphatic rings. The van der Waals surface area contributed by atoms with Gasteiger partial charge in [0.25, 0.3) is 6.43 Å². The molecule has 1 saturated heterocycles. The molecular weight excluding hydrogens is 493 g/mol. The summed E-state index contributed by atoms with van der Waals surface area (Å²) in [6, 6.07) is 5.96. The van der Waals surface area contributed by atoms with E-state index in [0.717, 1.165) is 0 Å². The predicted octanol–water partition coefficient (Wildman–Crippen LogP) is 3.26. The van der Waals surface area contributed by atoms with Gasteiger partial charge in [-0.25, -0.2) is 27.9 Å². The second kappa shape index (κ2) is 9.37. The van der Waals surface area contributed by atoms with Gasteiger partial charge in [0.15, 0.2) is 23.1 Å². The minimum atomic E-state index is -2.73. The highest BCUT2D eigenvalue weighted by Crippen LogP contribution is 2.46. The number of benzene rings is 1. The van der Waals surface area contributed by atoms with E-state index in [1.54, 1.807) is 24.0 Å². The Hall–Kier alpha value is -4.16. The first-order valence-corrected chi connectivity index (χ1v) is 11.4. The molecule has 0 amide bonds. The molecule has 10 nitrogen and oxygen atoms in total. The summed E-state index contributed by atoms with van der Waals surface area (Å²) in [5, 5.41) is 11.3. The number of rotatable bonds is 6. The fourth-order valence-corrected chi connectivity index (χ4v) is 4.77. The Labute approximate surface area is 209 Å². The molecule has 0 spiro atoms. The maximum Gasteiger partial charge on any atom is 0.358 e. The van der Waals surface area contributed by atoms with Crippen LogP contribution in [-0.4, -0.2) is 71.5 Å². The third kappa shape index (κ3) is 4.13. The summed E-state index contributed by atoms with van der Waals surface area (Å²) in [4.78, 5) is 21.6. The zero-order chi connectivity index (χ0) is 26.3. The lowest BCUT2D eigenvalue weighted by atomic mass is 9.93. The van der Waals surface area contributed by atoms with E-state index in [0.29, 0.717) is 22.8 Å². The van der Waals surface area contributed by atoms with Crippen LogP contribution in [0.4, 0.5) is 24.7 Å². The molecule has 37 heavy (non-hydrogen) atoms. The highest BCUT2D eigenvalue weighted by Gasteiger charge is 2.56. The molecule has 4 heterocycles. The largest absolute Gasteiger partial charge is 0.493 e. The van der Waals surface area contributed by atoms with Gasteiger partial charge < -0.3 is 24.4 Å². The van der Waals surface area contributed by atoms with Crippen molar-refractivity contribution in [3.05, 3.63) is 47.7 Å². The summed E-state index contributed by atoms with van der Waals surface area (Å²) in [5.74, 6) is -0.787. The highest BCUT2D eigenvalue weighted by molar-refractivity contribution is 5.86. The Morgan fingerprint density at radius 3 is 2.78 bits per heavy atom. The first kappa shape index (κ1) is 24.5. The average molecular weight is 516 g/mol. The molecule has 1 fully saturated rings. The Kier molecular flexibility index (Phi) is 6.21. The Morgan fingerprint density at radius 2 is 2.08 bits per heavy atom. The number of methoxy groups -OCH3 is 2. The van der Waals surface area contributed by atoms with Gasteiger partial charge in [-0.15, -0.1) is 10.2 Å². The van der Waals surface area contributed by atoms with Crippen molar-refractivity contribution in [2.45, 2.75) is 31.4 Å². The Balaban J connectivity index is 1.48. The number of anilines is 2.